The molecule has 0 aromatic heterocycles. The first kappa shape index (κ1) is 28.2. The zero-order valence-corrected chi connectivity index (χ0v) is 21.6. The van der Waals surface area contributed by atoms with Gasteiger partial charge in [0.05, 0.1) is 39.9 Å². The number of benzene rings is 2. The number of hydrogen-bond acceptors (Lipinski definition) is 8. The number of carbonyl (C=O) groups is 2. The highest BCUT2D eigenvalue weighted by Crippen LogP contribution is 2.28. The lowest BCUT2D eigenvalue weighted by Crippen LogP contribution is -2.20. The average molecular weight is 499 g/mol. The SMILES string of the molecule is COc1ccc(/C(C)=N/NC(=O)CCCCC(=O)N/N=C(\C)c2ccc(OC)c(OC)c2)cc1OC. The van der Waals surface area contributed by atoms with E-state index in [1.807, 2.05) is 12.1 Å². The lowest BCUT2D eigenvalue weighted by Gasteiger charge is -2.09. The van der Waals surface area contributed by atoms with E-state index in [4.69, 9.17) is 18.9 Å². The first-order chi connectivity index (χ1) is 17.3. The second-order valence-electron chi connectivity index (χ2n) is 7.81. The van der Waals surface area contributed by atoms with Crippen LogP contribution in [0.25, 0.3) is 0 Å². The van der Waals surface area contributed by atoms with E-state index in [0.717, 1.165) is 11.1 Å². The molecule has 0 unspecified atom stereocenters. The minimum absolute atomic E-state index is 0.224. The number of nitrogens with zero attached hydrogens (tertiary/aromatic N) is 2. The fourth-order valence-electron chi connectivity index (χ4n) is 3.23. The van der Waals surface area contributed by atoms with Crippen LogP contribution in [0.4, 0.5) is 0 Å². The molecule has 0 radical (unpaired) electrons. The molecule has 2 N–H and O–H groups in total. The third-order valence-electron chi connectivity index (χ3n) is 5.36. The Morgan fingerprint density at radius 2 is 1.00 bits per heavy atom. The van der Waals surface area contributed by atoms with Crippen LogP contribution in [0.3, 0.4) is 0 Å². The summed E-state index contributed by atoms with van der Waals surface area (Å²) >= 11 is 0. The molecule has 0 aliphatic carbocycles. The lowest BCUT2D eigenvalue weighted by molar-refractivity contribution is -0.123. The van der Waals surface area contributed by atoms with Gasteiger partial charge in [0, 0.05) is 24.0 Å². The van der Waals surface area contributed by atoms with Crippen LogP contribution in [0, 0.1) is 0 Å². The number of hydrogen-bond donors (Lipinski definition) is 2. The monoisotopic (exact) mass is 498 g/mol. The van der Waals surface area contributed by atoms with E-state index >= 15 is 0 Å². The minimum atomic E-state index is -0.224. The molecular weight excluding hydrogens is 464 g/mol. The molecule has 0 spiro atoms. The summed E-state index contributed by atoms with van der Waals surface area (Å²) in [5, 5.41) is 8.29. The Morgan fingerprint density at radius 3 is 1.33 bits per heavy atom. The van der Waals surface area contributed by atoms with Gasteiger partial charge < -0.3 is 18.9 Å². The molecule has 10 heteroatoms. The van der Waals surface area contributed by atoms with E-state index in [0.29, 0.717) is 47.3 Å². The predicted molar refractivity (Wildman–Crippen MR) is 138 cm³/mol. The Kier molecular flexibility index (Phi) is 11.2. The van der Waals surface area contributed by atoms with Gasteiger partial charge in [-0.2, -0.15) is 10.2 Å². The van der Waals surface area contributed by atoms with Gasteiger partial charge in [-0.1, -0.05) is 0 Å². The van der Waals surface area contributed by atoms with Crippen molar-refractivity contribution in [3.05, 3.63) is 47.5 Å². The number of nitrogens with one attached hydrogen (secondary N) is 2. The molecule has 0 atom stereocenters. The average Bonchev–Trinajstić information content (AvgIpc) is 2.91. The van der Waals surface area contributed by atoms with Crippen LogP contribution in [0.2, 0.25) is 0 Å². The molecular formula is C26H34N4O6. The van der Waals surface area contributed by atoms with Crippen molar-refractivity contribution < 1.29 is 28.5 Å². The molecule has 0 fully saturated rings. The smallest absolute Gasteiger partial charge is 0.240 e. The highest BCUT2D eigenvalue weighted by molar-refractivity contribution is 6.00. The molecule has 0 heterocycles. The highest BCUT2D eigenvalue weighted by Gasteiger charge is 2.09. The Balaban J connectivity index is 1.75. The molecule has 10 nitrogen and oxygen atoms in total. The first-order valence-corrected chi connectivity index (χ1v) is 11.4. The van der Waals surface area contributed by atoms with Crippen molar-refractivity contribution in [1.29, 1.82) is 0 Å². The van der Waals surface area contributed by atoms with E-state index in [-0.39, 0.29) is 24.7 Å². The van der Waals surface area contributed by atoms with Crippen molar-refractivity contribution in [2.24, 2.45) is 10.2 Å². The van der Waals surface area contributed by atoms with Crippen molar-refractivity contribution in [1.82, 2.24) is 10.9 Å². The summed E-state index contributed by atoms with van der Waals surface area (Å²) in [6.07, 6.45) is 1.60. The van der Waals surface area contributed by atoms with Gasteiger partial charge in [0.25, 0.3) is 0 Å². The largest absolute Gasteiger partial charge is 0.493 e. The van der Waals surface area contributed by atoms with Crippen molar-refractivity contribution in [3.8, 4) is 23.0 Å². The number of ether oxygens (including phenoxy) is 4. The van der Waals surface area contributed by atoms with E-state index in [1.54, 1.807) is 66.6 Å². The fraction of sp³-hybridized carbons (Fsp3) is 0.385. The lowest BCUT2D eigenvalue weighted by atomic mass is 10.1. The van der Waals surface area contributed by atoms with Crippen molar-refractivity contribution in [2.45, 2.75) is 39.5 Å². The summed E-state index contributed by atoms with van der Waals surface area (Å²) in [4.78, 5) is 24.2. The van der Waals surface area contributed by atoms with E-state index in [2.05, 4.69) is 21.1 Å². The number of unbranched alkanes of at least 4 members (excludes halogenated alkanes) is 1. The van der Waals surface area contributed by atoms with Gasteiger partial charge in [-0.15, -0.1) is 0 Å². The third kappa shape index (κ3) is 8.30. The Morgan fingerprint density at radius 1 is 0.639 bits per heavy atom. The van der Waals surface area contributed by atoms with Crippen LogP contribution < -0.4 is 29.8 Å². The van der Waals surface area contributed by atoms with E-state index in [1.165, 1.54) is 0 Å². The molecule has 194 valence electrons. The number of rotatable bonds is 13. The standard InChI is InChI=1S/C26H34N4O6/c1-17(19-11-13-21(33-3)23(15-19)35-5)27-29-25(31)9-7-8-10-26(32)30-28-18(2)20-12-14-22(34-4)24(16-20)36-6/h11-16H,7-10H2,1-6H3,(H,29,31)(H,30,32)/b27-17+,28-18+. The van der Waals surface area contributed by atoms with Gasteiger partial charge in [-0.3, -0.25) is 9.59 Å². The summed E-state index contributed by atoms with van der Waals surface area (Å²) < 4.78 is 21.0. The van der Waals surface area contributed by atoms with Crippen molar-refractivity contribution in [2.75, 3.05) is 28.4 Å². The third-order valence-corrected chi connectivity index (χ3v) is 5.36. The van der Waals surface area contributed by atoms with Crippen LogP contribution in [0.15, 0.2) is 46.6 Å². The van der Waals surface area contributed by atoms with Crippen LogP contribution >= 0.6 is 0 Å². The van der Waals surface area contributed by atoms with Crippen molar-refractivity contribution >= 4 is 23.2 Å². The van der Waals surface area contributed by atoms with Gasteiger partial charge in [-0.05, 0) is 63.1 Å². The number of amides is 2. The molecule has 36 heavy (non-hydrogen) atoms. The summed E-state index contributed by atoms with van der Waals surface area (Å²) in [7, 11) is 6.25. The second-order valence-corrected chi connectivity index (χ2v) is 7.81. The molecule has 0 aliphatic heterocycles. The molecule has 2 rings (SSSR count). The summed E-state index contributed by atoms with van der Waals surface area (Å²) in [5.41, 5.74) is 7.95. The van der Waals surface area contributed by atoms with Crippen LogP contribution in [0.5, 0.6) is 23.0 Å². The fourth-order valence-corrected chi connectivity index (χ4v) is 3.23. The Bertz CT molecular complexity index is 1030. The van der Waals surface area contributed by atoms with Gasteiger partial charge >= 0.3 is 0 Å². The first-order valence-electron chi connectivity index (χ1n) is 11.4. The van der Waals surface area contributed by atoms with Gasteiger partial charge in [-0.25, -0.2) is 10.9 Å². The molecule has 0 aliphatic rings. The Hall–Kier alpha value is -4.08. The summed E-state index contributed by atoms with van der Waals surface area (Å²) in [6.45, 7) is 3.58. The van der Waals surface area contributed by atoms with Gasteiger partial charge in [0.2, 0.25) is 11.8 Å². The molecule has 0 saturated carbocycles. The second kappa shape index (κ2) is 14.3. The van der Waals surface area contributed by atoms with Crippen LogP contribution in [-0.2, 0) is 9.59 Å². The van der Waals surface area contributed by atoms with E-state index in [9.17, 15) is 9.59 Å². The maximum Gasteiger partial charge on any atom is 0.240 e. The van der Waals surface area contributed by atoms with Gasteiger partial charge in [0.15, 0.2) is 23.0 Å². The molecule has 0 saturated heterocycles. The predicted octanol–water partition coefficient (Wildman–Crippen LogP) is 3.66. The van der Waals surface area contributed by atoms with E-state index < -0.39 is 0 Å². The zero-order valence-electron chi connectivity index (χ0n) is 21.6. The Labute approximate surface area is 211 Å². The quantitative estimate of drug-likeness (QED) is 0.247. The zero-order chi connectivity index (χ0) is 26.5. The topological polar surface area (TPSA) is 120 Å². The molecule has 2 aromatic carbocycles. The highest BCUT2D eigenvalue weighted by atomic mass is 16.5. The number of methoxy groups -OCH3 is 4. The van der Waals surface area contributed by atoms with Gasteiger partial charge in [0.1, 0.15) is 0 Å². The summed E-state index contributed by atoms with van der Waals surface area (Å²) in [5.74, 6) is 1.94. The molecule has 2 amide bonds. The number of carbonyl (C=O) groups excluding carboxylic acids is 2. The number of hydrazone groups is 2. The normalized spacial score (nSPS) is 11.5. The van der Waals surface area contributed by atoms with Crippen LogP contribution in [0.1, 0.15) is 50.7 Å². The maximum atomic E-state index is 12.1. The molecule has 0 bridgehead atoms. The minimum Gasteiger partial charge on any atom is -0.493 e. The maximum absolute atomic E-state index is 12.1. The molecule has 2 aromatic rings. The van der Waals surface area contributed by atoms with Crippen LogP contribution in [-0.4, -0.2) is 51.7 Å². The summed E-state index contributed by atoms with van der Waals surface area (Å²) in [6, 6.07) is 10.8. The van der Waals surface area contributed by atoms with Crippen molar-refractivity contribution in [3.63, 3.8) is 0 Å².